The van der Waals surface area contributed by atoms with Crippen molar-refractivity contribution in [2.24, 2.45) is 0 Å². The molecule has 1 aliphatic rings. The van der Waals surface area contributed by atoms with Crippen LogP contribution in [-0.4, -0.2) is 13.1 Å². The molecule has 13 heavy (non-hydrogen) atoms. The maximum atomic E-state index is 13.2. The summed E-state index contributed by atoms with van der Waals surface area (Å²) in [4.78, 5) is 0. The third-order valence-corrected chi connectivity index (χ3v) is 2.46. The second-order valence-electron chi connectivity index (χ2n) is 3.36. The van der Waals surface area contributed by atoms with Crippen LogP contribution in [0.2, 0.25) is 0 Å². The van der Waals surface area contributed by atoms with Crippen LogP contribution in [0.15, 0.2) is 18.2 Å². The molecule has 0 spiro atoms. The van der Waals surface area contributed by atoms with E-state index < -0.39 is 11.6 Å². The smallest absolute Gasteiger partial charge is 0.129 e. The summed E-state index contributed by atoms with van der Waals surface area (Å²) in [6, 6.07) is 3.81. The normalized spacial score (nSPS) is 22.2. The monoisotopic (exact) mass is 183 g/mol. The molecule has 1 saturated heterocycles. The van der Waals surface area contributed by atoms with Gasteiger partial charge in [0, 0.05) is 18.5 Å². The molecule has 1 N–H and O–H groups in total. The minimum Gasteiger partial charge on any atom is -0.316 e. The number of halogens is 2. The Balaban J connectivity index is 2.29. The third-order valence-electron chi connectivity index (χ3n) is 2.46. The molecule has 1 aromatic rings. The molecule has 1 nitrogen and oxygen atoms in total. The van der Waals surface area contributed by atoms with E-state index in [2.05, 4.69) is 5.32 Å². The third kappa shape index (κ3) is 1.70. The highest BCUT2D eigenvalue weighted by atomic mass is 19.1. The van der Waals surface area contributed by atoms with Crippen LogP contribution >= 0.6 is 0 Å². The van der Waals surface area contributed by atoms with Gasteiger partial charge in [-0.1, -0.05) is 6.07 Å². The first kappa shape index (κ1) is 8.63. The molecule has 2 rings (SSSR count). The van der Waals surface area contributed by atoms with E-state index >= 15 is 0 Å². The van der Waals surface area contributed by atoms with Gasteiger partial charge in [0.1, 0.15) is 11.6 Å². The van der Waals surface area contributed by atoms with Crippen molar-refractivity contribution in [2.75, 3.05) is 13.1 Å². The molecular formula is C10H11F2N. The van der Waals surface area contributed by atoms with Crippen molar-refractivity contribution in [3.63, 3.8) is 0 Å². The topological polar surface area (TPSA) is 12.0 Å². The Labute approximate surface area is 75.8 Å². The Morgan fingerprint density at radius 1 is 1.31 bits per heavy atom. The number of hydrogen-bond acceptors (Lipinski definition) is 1. The van der Waals surface area contributed by atoms with Crippen molar-refractivity contribution in [3.8, 4) is 0 Å². The van der Waals surface area contributed by atoms with E-state index in [0.717, 1.165) is 25.6 Å². The van der Waals surface area contributed by atoms with Crippen LogP contribution in [-0.2, 0) is 0 Å². The fraction of sp³-hybridized carbons (Fsp3) is 0.400. The lowest BCUT2D eigenvalue weighted by Gasteiger charge is -2.09. The summed E-state index contributed by atoms with van der Waals surface area (Å²) in [5.74, 6) is -0.721. The van der Waals surface area contributed by atoms with Gasteiger partial charge in [0.05, 0.1) is 0 Å². The lowest BCUT2D eigenvalue weighted by Crippen LogP contribution is -2.09. The number of nitrogens with one attached hydrogen (secondary N) is 1. The Hall–Kier alpha value is -0.960. The molecule has 1 unspecified atom stereocenters. The zero-order valence-electron chi connectivity index (χ0n) is 7.19. The molecule has 0 radical (unpaired) electrons. The molecule has 1 heterocycles. The summed E-state index contributed by atoms with van der Waals surface area (Å²) < 4.78 is 25.8. The van der Waals surface area contributed by atoms with Gasteiger partial charge in [-0.3, -0.25) is 0 Å². The average molecular weight is 183 g/mol. The molecule has 1 aromatic carbocycles. The average Bonchev–Trinajstić information content (AvgIpc) is 2.56. The fourth-order valence-corrected chi connectivity index (χ4v) is 1.75. The molecule has 1 atom stereocenters. The zero-order chi connectivity index (χ0) is 9.26. The van der Waals surface area contributed by atoms with Gasteiger partial charge in [0.2, 0.25) is 0 Å². The summed E-state index contributed by atoms with van der Waals surface area (Å²) in [5, 5.41) is 3.15. The predicted molar refractivity (Wildman–Crippen MR) is 46.6 cm³/mol. The van der Waals surface area contributed by atoms with Crippen LogP contribution in [0.3, 0.4) is 0 Å². The highest BCUT2D eigenvalue weighted by molar-refractivity contribution is 5.23. The summed E-state index contributed by atoms with van der Waals surface area (Å²) in [6.07, 6.45) is 0.933. The summed E-state index contributed by atoms with van der Waals surface area (Å²) >= 11 is 0. The lowest BCUT2D eigenvalue weighted by atomic mass is 9.98. The fourth-order valence-electron chi connectivity index (χ4n) is 1.75. The van der Waals surface area contributed by atoms with Crippen molar-refractivity contribution in [2.45, 2.75) is 12.3 Å². The van der Waals surface area contributed by atoms with Gasteiger partial charge in [-0.05, 0) is 24.6 Å². The lowest BCUT2D eigenvalue weighted by molar-refractivity contribution is 0.559. The number of benzene rings is 1. The highest BCUT2D eigenvalue weighted by Gasteiger charge is 2.19. The minimum absolute atomic E-state index is 0.209. The molecule has 0 amide bonds. The van der Waals surface area contributed by atoms with E-state index in [1.807, 2.05) is 0 Å². The maximum Gasteiger partial charge on any atom is 0.129 e. The molecule has 0 bridgehead atoms. The van der Waals surface area contributed by atoms with Crippen LogP contribution in [0.5, 0.6) is 0 Å². The van der Waals surface area contributed by atoms with Crippen LogP contribution in [0, 0.1) is 11.6 Å². The van der Waals surface area contributed by atoms with Gasteiger partial charge < -0.3 is 5.32 Å². The van der Waals surface area contributed by atoms with Crippen molar-refractivity contribution in [1.29, 1.82) is 0 Å². The van der Waals surface area contributed by atoms with Crippen molar-refractivity contribution >= 4 is 0 Å². The standard InChI is InChI=1S/C10H11F2N/c11-8-1-2-9(10(12)5-8)7-3-4-13-6-7/h1-2,5,7,13H,3-4,6H2. The van der Waals surface area contributed by atoms with E-state index in [1.165, 1.54) is 6.07 Å². The summed E-state index contributed by atoms with van der Waals surface area (Å²) in [5.41, 5.74) is 0.631. The van der Waals surface area contributed by atoms with E-state index in [0.29, 0.717) is 5.56 Å². The van der Waals surface area contributed by atoms with Gasteiger partial charge in [0.25, 0.3) is 0 Å². The molecule has 0 aromatic heterocycles. The molecule has 1 aliphatic heterocycles. The van der Waals surface area contributed by atoms with Gasteiger partial charge in [0.15, 0.2) is 0 Å². The summed E-state index contributed by atoms with van der Waals surface area (Å²) in [7, 11) is 0. The van der Waals surface area contributed by atoms with Crippen LogP contribution in [0.1, 0.15) is 17.9 Å². The highest BCUT2D eigenvalue weighted by Crippen LogP contribution is 2.24. The quantitative estimate of drug-likeness (QED) is 0.702. The Bertz CT molecular complexity index is 306. The molecule has 1 fully saturated rings. The summed E-state index contributed by atoms with van der Waals surface area (Å²) in [6.45, 7) is 1.71. The van der Waals surface area contributed by atoms with Gasteiger partial charge in [-0.15, -0.1) is 0 Å². The van der Waals surface area contributed by atoms with Gasteiger partial charge >= 0.3 is 0 Å². The predicted octanol–water partition coefficient (Wildman–Crippen LogP) is 2.04. The maximum absolute atomic E-state index is 13.2. The van der Waals surface area contributed by atoms with Crippen LogP contribution < -0.4 is 5.32 Å². The number of rotatable bonds is 1. The first-order chi connectivity index (χ1) is 6.27. The zero-order valence-corrected chi connectivity index (χ0v) is 7.19. The van der Waals surface area contributed by atoms with E-state index in [9.17, 15) is 8.78 Å². The Morgan fingerprint density at radius 3 is 2.77 bits per heavy atom. The van der Waals surface area contributed by atoms with Crippen LogP contribution in [0.25, 0.3) is 0 Å². The SMILES string of the molecule is Fc1ccc(C2CCNC2)c(F)c1. The Morgan fingerprint density at radius 2 is 2.15 bits per heavy atom. The number of hydrogen-bond donors (Lipinski definition) is 1. The first-order valence-corrected chi connectivity index (χ1v) is 4.43. The molecule has 70 valence electrons. The van der Waals surface area contributed by atoms with E-state index in [4.69, 9.17) is 0 Å². The molecule has 0 aliphatic carbocycles. The largest absolute Gasteiger partial charge is 0.316 e. The second kappa shape index (κ2) is 3.42. The van der Waals surface area contributed by atoms with Crippen molar-refractivity contribution in [3.05, 3.63) is 35.4 Å². The van der Waals surface area contributed by atoms with E-state index in [-0.39, 0.29) is 5.92 Å². The van der Waals surface area contributed by atoms with Crippen molar-refractivity contribution < 1.29 is 8.78 Å². The molecule has 0 saturated carbocycles. The first-order valence-electron chi connectivity index (χ1n) is 4.43. The minimum atomic E-state index is -0.507. The molecular weight excluding hydrogens is 172 g/mol. The van der Waals surface area contributed by atoms with E-state index in [1.54, 1.807) is 6.07 Å². The molecule has 3 heteroatoms. The van der Waals surface area contributed by atoms with Crippen molar-refractivity contribution in [1.82, 2.24) is 5.32 Å². The van der Waals surface area contributed by atoms with Gasteiger partial charge in [-0.2, -0.15) is 0 Å². The van der Waals surface area contributed by atoms with Gasteiger partial charge in [-0.25, -0.2) is 8.78 Å². The van der Waals surface area contributed by atoms with Crippen LogP contribution in [0.4, 0.5) is 8.78 Å². The second-order valence-corrected chi connectivity index (χ2v) is 3.36. The Kier molecular flexibility index (Phi) is 2.27.